The van der Waals surface area contributed by atoms with Gasteiger partial charge in [0.15, 0.2) is 5.01 Å². The standard InChI is InChI=1S/C10H6BF2NO3S/c12-11(13)17-9(7-1-3-16-6-7)5-8(15)10-14-2-4-18-10/h1-6H/b9-5+. The van der Waals surface area contributed by atoms with Crippen molar-refractivity contribution in [2.24, 2.45) is 0 Å². The zero-order valence-electron chi connectivity index (χ0n) is 8.88. The highest BCUT2D eigenvalue weighted by atomic mass is 32.1. The van der Waals surface area contributed by atoms with Crippen LogP contribution in [-0.2, 0) is 4.65 Å². The first-order valence-electron chi connectivity index (χ1n) is 4.79. The van der Waals surface area contributed by atoms with Gasteiger partial charge in [0.2, 0.25) is 5.78 Å². The maximum Gasteiger partial charge on any atom is 0.796 e. The molecular formula is C10H6BF2NO3S. The summed E-state index contributed by atoms with van der Waals surface area (Å²) in [5, 5.41) is 1.82. The van der Waals surface area contributed by atoms with E-state index < -0.39 is 13.3 Å². The van der Waals surface area contributed by atoms with E-state index in [2.05, 4.69) is 9.64 Å². The van der Waals surface area contributed by atoms with Gasteiger partial charge in [0.05, 0.1) is 11.8 Å². The molecule has 0 aliphatic heterocycles. The van der Waals surface area contributed by atoms with Crippen molar-refractivity contribution in [3.05, 3.63) is 46.8 Å². The number of allylic oxidation sites excluding steroid dienone is 1. The molecule has 8 heteroatoms. The largest absolute Gasteiger partial charge is 0.796 e. The van der Waals surface area contributed by atoms with Gasteiger partial charge in [-0.25, -0.2) is 13.6 Å². The van der Waals surface area contributed by atoms with Crippen LogP contribution in [0.25, 0.3) is 5.76 Å². The molecule has 0 saturated heterocycles. The number of ketones is 1. The van der Waals surface area contributed by atoms with E-state index >= 15 is 0 Å². The lowest BCUT2D eigenvalue weighted by atomic mass is 10.2. The van der Waals surface area contributed by atoms with Crippen LogP contribution in [0.4, 0.5) is 8.63 Å². The smallest absolute Gasteiger partial charge is 0.504 e. The Hall–Kier alpha value is -1.96. The second kappa shape index (κ2) is 5.59. The summed E-state index contributed by atoms with van der Waals surface area (Å²) < 4.78 is 33.5. The summed E-state index contributed by atoms with van der Waals surface area (Å²) in [4.78, 5) is 15.5. The number of carbonyl (C=O) groups is 1. The quantitative estimate of drug-likeness (QED) is 0.362. The Labute approximate surface area is 105 Å². The van der Waals surface area contributed by atoms with Gasteiger partial charge in [-0.3, -0.25) is 4.79 Å². The molecule has 0 fully saturated rings. The molecule has 18 heavy (non-hydrogen) atoms. The fourth-order valence-electron chi connectivity index (χ4n) is 1.21. The second-order valence-corrected chi connectivity index (χ2v) is 4.00. The molecule has 0 bridgehead atoms. The van der Waals surface area contributed by atoms with Gasteiger partial charge in [-0.05, 0) is 6.07 Å². The lowest BCUT2D eigenvalue weighted by Crippen LogP contribution is -2.06. The van der Waals surface area contributed by atoms with Gasteiger partial charge >= 0.3 is 7.47 Å². The minimum atomic E-state index is -3.02. The van der Waals surface area contributed by atoms with Crippen molar-refractivity contribution in [1.82, 2.24) is 4.98 Å². The van der Waals surface area contributed by atoms with Crippen LogP contribution in [0.2, 0.25) is 0 Å². The highest BCUT2D eigenvalue weighted by Crippen LogP contribution is 2.19. The first-order chi connectivity index (χ1) is 8.66. The van der Waals surface area contributed by atoms with Crippen LogP contribution in [0.3, 0.4) is 0 Å². The Morgan fingerprint density at radius 3 is 2.94 bits per heavy atom. The fraction of sp³-hybridized carbons (Fsp3) is 0. The van der Waals surface area contributed by atoms with E-state index in [0.29, 0.717) is 0 Å². The Kier molecular flexibility index (Phi) is 3.88. The van der Waals surface area contributed by atoms with Gasteiger partial charge in [-0.1, -0.05) is 0 Å². The molecule has 0 aromatic carbocycles. The zero-order valence-corrected chi connectivity index (χ0v) is 9.69. The summed E-state index contributed by atoms with van der Waals surface area (Å²) in [5.74, 6) is -0.749. The van der Waals surface area contributed by atoms with Gasteiger partial charge in [-0.2, -0.15) is 0 Å². The van der Waals surface area contributed by atoms with Crippen LogP contribution in [0.1, 0.15) is 15.4 Å². The van der Waals surface area contributed by atoms with E-state index in [1.54, 1.807) is 5.38 Å². The van der Waals surface area contributed by atoms with E-state index in [4.69, 9.17) is 4.42 Å². The van der Waals surface area contributed by atoms with Crippen molar-refractivity contribution in [2.75, 3.05) is 0 Å². The molecule has 92 valence electrons. The zero-order chi connectivity index (χ0) is 13.0. The van der Waals surface area contributed by atoms with E-state index in [1.807, 2.05) is 0 Å². The average Bonchev–Trinajstić information content (AvgIpc) is 3.01. The third kappa shape index (κ3) is 3.04. The predicted octanol–water partition coefficient (Wildman–Crippen LogP) is 2.90. The second-order valence-electron chi connectivity index (χ2n) is 3.10. The molecule has 0 N–H and O–H groups in total. The lowest BCUT2D eigenvalue weighted by molar-refractivity contribution is 0.104. The third-order valence-electron chi connectivity index (χ3n) is 1.93. The molecule has 0 spiro atoms. The number of carbonyl (C=O) groups excluding carboxylic acids is 1. The normalized spacial score (nSPS) is 11.3. The maximum atomic E-state index is 12.3. The van der Waals surface area contributed by atoms with Crippen molar-refractivity contribution >= 4 is 30.3 Å². The first kappa shape index (κ1) is 12.5. The molecule has 0 aliphatic rings. The van der Waals surface area contributed by atoms with E-state index in [0.717, 1.165) is 17.4 Å². The molecule has 2 aromatic rings. The van der Waals surface area contributed by atoms with Crippen molar-refractivity contribution in [3.8, 4) is 0 Å². The number of aromatic nitrogens is 1. The van der Waals surface area contributed by atoms with Crippen LogP contribution in [-0.4, -0.2) is 18.2 Å². The van der Waals surface area contributed by atoms with Gasteiger partial charge in [0.25, 0.3) is 0 Å². The van der Waals surface area contributed by atoms with Crippen molar-refractivity contribution in [2.45, 2.75) is 0 Å². The summed E-state index contributed by atoms with van der Waals surface area (Å²) in [6.45, 7) is 0. The Morgan fingerprint density at radius 1 is 1.56 bits per heavy atom. The predicted molar refractivity (Wildman–Crippen MR) is 62.2 cm³/mol. The third-order valence-corrected chi connectivity index (χ3v) is 2.71. The summed E-state index contributed by atoms with van der Waals surface area (Å²) in [7, 11) is -3.02. The van der Waals surface area contributed by atoms with Crippen molar-refractivity contribution in [3.63, 3.8) is 0 Å². The Balaban J connectivity index is 2.26. The Bertz CT molecular complexity index is 539. The van der Waals surface area contributed by atoms with E-state index in [-0.39, 0.29) is 16.3 Å². The maximum absolute atomic E-state index is 12.3. The van der Waals surface area contributed by atoms with Gasteiger partial charge in [-0.15, -0.1) is 11.3 Å². The molecule has 0 atom stereocenters. The van der Waals surface area contributed by atoms with E-state index in [9.17, 15) is 13.4 Å². The average molecular weight is 269 g/mol. The number of thiazole rings is 1. The van der Waals surface area contributed by atoms with Crippen LogP contribution in [0.15, 0.2) is 40.7 Å². The summed E-state index contributed by atoms with van der Waals surface area (Å²) >= 11 is 1.12. The van der Waals surface area contributed by atoms with Gasteiger partial charge < -0.3 is 9.07 Å². The number of rotatable bonds is 5. The lowest BCUT2D eigenvalue weighted by Gasteiger charge is -2.04. The molecule has 0 saturated carbocycles. The SMILES string of the molecule is O=C(/C=C(/OB(F)F)c1ccoc1)c1nccs1. The molecular weight excluding hydrogens is 263 g/mol. The van der Waals surface area contributed by atoms with Crippen LogP contribution in [0.5, 0.6) is 0 Å². The first-order valence-corrected chi connectivity index (χ1v) is 5.67. The highest BCUT2D eigenvalue weighted by Gasteiger charge is 2.22. The molecule has 2 rings (SSSR count). The fourth-order valence-corrected chi connectivity index (χ4v) is 1.76. The molecule has 0 unspecified atom stereocenters. The van der Waals surface area contributed by atoms with E-state index in [1.165, 1.54) is 24.8 Å². The molecule has 0 amide bonds. The van der Waals surface area contributed by atoms with Gasteiger partial charge in [0, 0.05) is 17.7 Å². The number of hydrogen-bond donors (Lipinski definition) is 0. The highest BCUT2D eigenvalue weighted by molar-refractivity contribution is 7.11. The molecule has 2 aromatic heterocycles. The number of hydrogen-bond acceptors (Lipinski definition) is 5. The van der Waals surface area contributed by atoms with Crippen LogP contribution >= 0.6 is 11.3 Å². The molecule has 0 aliphatic carbocycles. The number of furan rings is 1. The Morgan fingerprint density at radius 2 is 2.39 bits per heavy atom. The minimum absolute atomic E-state index is 0.203. The molecule has 0 radical (unpaired) electrons. The topological polar surface area (TPSA) is 52.3 Å². The summed E-state index contributed by atoms with van der Waals surface area (Å²) in [5.41, 5.74) is 0.264. The van der Waals surface area contributed by atoms with Crippen LogP contribution < -0.4 is 0 Å². The van der Waals surface area contributed by atoms with Crippen molar-refractivity contribution < 1.29 is 22.5 Å². The monoisotopic (exact) mass is 269 g/mol. The van der Waals surface area contributed by atoms with Crippen LogP contribution in [0, 0.1) is 0 Å². The van der Waals surface area contributed by atoms with Gasteiger partial charge in [0.1, 0.15) is 12.0 Å². The number of halogens is 2. The number of nitrogens with zero attached hydrogens (tertiary/aromatic N) is 1. The molecule has 2 heterocycles. The summed E-state index contributed by atoms with van der Waals surface area (Å²) in [6.07, 6.45) is 4.93. The summed E-state index contributed by atoms with van der Waals surface area (Å²) in [6, 6.07) is 1.42. The van der Waals surface area contributed by atoms with Crippen molar-refractivity contribution in [1.29, 1.82) is 0 Å². The molecule has 4 nitrogen and oxygen atoms in total. The minimum Gasteiger partial charge on any atom is -0.504 e.